The number of rotatable bonds is 4. The quantitative estimate of drug-likeness (QED) is 0.718. The summed E-state index contributed by atoms with van der Waals surface area (Å²) in [5, 5.41) is 0. The Kier molecular flexibility index (Phi) is 4.07. The Hall–Kier alpha value is -2.20. The third-order valence-electron chi connectivity index (χ3n) is 5.04. The summed E-state index contributed by atoms with van der Waals surface area (Å²) in [5.74, 6) is -0.198. The van der Waals surface area contributed by atoms with Gasteiger partial charge in [0, 0.05) is 37.0 Å². The summed E-state index contributed by atoms with van der Waals surface area (Å²) in [6.07, 6.45) is 7.61. The molecule has 2 aromatic heterocycles. The van der Waals surface area contributed by atoms with E-state index in [1.165, 1.54) is 25.5 Å². The molecule has 1 unspecified atom stereocenters. The third-order valence-corrected chi connectivity index (χ3v) is 5.04. The maximum Gasteiger partial charge on any atom is 0.137 e. The molecule has 1 aliphatic rings. The van der Waals surface area contributed by atoms with E-state index in [2.05, 4.69) is 18.0 Å². The summed E-state index contributed by atoms with van der Waals surface area (Å²) in [5.41, 5.74) is 3.46. The van der Waals surface area contributed by atoms with E-state index in [0.717, 1.165) is 29.9 Å². The molecule has 0 saturated carbocycles. The van der Waals surface area contributed by atoms with E-state index >= 15 is 0 Å². The first-order valence-electron chi connectivity index (χ1n) is 8.67. The summed E-state index contributed by atoms with van der Waals surface area (Å²) in [6, 6.07) is 11.5. The average molecular weight is 323 g/mol. The SMILES string of the molecule is CC1CCCN1CCc1cn2ccc(-c3ccccc3F)cc2n1. The number of aromatic nitrogens is 2. The molecule has 1 saturated heterocycles. The highest BCUT2D eigenvalue weighted by Gasteiger charge is 2.19. The molecule has 124 valence electrons. The van der Waals surface area contributed by atoms with Crippen LogP contribution in [0.3, 0.4) is 0 Å². The van der Waals surface area contributed by atoms with Crippen LogP contribution in [0.1, 0.15) is 25.5 Å². The predicted octanol–water partition coefficient (Wildman–Crippen LogP) is 4.17. The zero-order valence-corrected chi connectivity index (χ0v) is 14.0. The molecule has 0 amide bonds. The Morgan fingerprint density at radius 3 is 2.92 bits per heavy atom. The van der Waals surface area contributed by atoms with Crippen molar-refractivity contribution in [3.05, 3.63) is 60.3 Å². The van der Waals surface area contributed by atoms with Crippen LogP contribution in [0.5, 0.6) is 0 Å². The van der Waals surface area contributed by atoms with E-state index in [4.69, 9.17) is 4.98 Å². The lowest BCUT2D eigenvalue weighted by Crippen LogP contribution is -2.29. The zero-order chi connectivity index (χ0) is 16.5. The predicted molar refractivity (Wildman–Crippen MR) is 94.6 cm³/mol. The van der Waals surface area contributed by atoms with Gasteiger partial charge in [-0.05, 0) is 50.1 Å². The van der Waals surface area contributed by atoms with Crippen LogP contribution < -0.4 is 0 Å². The van der Waals surface area contributed by atoms with Crippen LogP contribution in [-0.4, -0.2) is 33.4 Å². The topological polar surface area (TPSA) is 20.5 Å². The fourth-order valence-electron chi connectivity index (χ4n) is 3.60. The van der Waals surface area contributed by atoms with Crippen molar-refractivity contribution in [3.8, 4) is 11.1 Å². The Morgan fingerprint density at radius 2 is 2.12 bits per heavy atom. The highest BCUT2D eigenvalue weighted by molar-refractivity contribution is 5.67. The van der Waals surface area contributed by atoms with E-state index in [1.807, 2.05) is 28.8 Å². The molecular formula is C20H22FN3. The minimum Gasteiger partial charge on any atom is -0.307 e. The largest absolute Gasteiger partial charge is 0.307 e. The molecule has 1 atom stereocenters. The van der Waals surface area contributed by atoms with Gasteiger partial charge in [-0.25, -0.2) is 9.37 Å². The van der Waals surface area contributed by atoms with Crippen LogP contribution >= 0.6 is 0 Å². The molecule has 1 aliphatic heterocycles. The van der Waals surface area contributed by atoms with Crippen LogP contribution in [0, 0.1) is 5.82 Å². The van der Waals surface area contributed by atoms with Crippen molar-refractivity contribution in [1.82, 2.24) is 14.3 Å². The number of imidazole rings is 1. The summed E-state index contributed by atoms with van der Waals surface area (Å²) < 4.78 is 16.0. The van der Waals surface area contributed by atoms with Crippen molar-refractivity contribution in [2.24, 2.45) is 0 Å². The van der Waals surface area contributed by atoms with Gasteiger partial charge in [-0.1, -0.05) is 18.2 Å². The molecule has 0 radical (unpaired) electrons. The van der Waals surface area contributed by atoms with Gasteiger partial charge in [-0.2, -0.15) is 0 Å². The monoisotopic (exact) mass is 323 g/mol. The van der Waals surface area contributed by atoms with Crippen LogP contribution in [0.2, 0.25) is 0 Å². The average Bonchev–Trinajstić information content (AvgIpc) is 3.18. The molecule has 1 fully saturated rings. The maximum atomic E-state index is 14.0. The lowest BCUT2D eigenvalue weighted by molar-refractivity contribution is 0.271. The minimum absolute atomic E-state index is 0.198. The number of nitrogens with zero attached hydrogens (tertiary/aromatic N) is 3. The number of benzene rings is 1. The molecule has 0 N–H and O–H groups in total. The zero-order valence-electron chi connectivity index (χ0n) is 14.0. The number of likely N-dealkylation sites (tertiary alicyclic amines) is 1. The van der Waals surface area contributed by atoms with Gasteiger partial charge >= 0.3 is 0 Å². The third kappa shape index (κ3) is 2.94. The highest BCUT2D eigenvalue weighted by Crippen LogP contribution is 2.24. The van der Waals surface area contributed by atoms with Crippen LogP contribution in [0.4, 0.5) is 4.39 Å². The second-order valence-corrected chi connectivity index (χ2v) is 6.67. The molecular weight excluding hydrogens is 301 g/mol. The molecule has 24 heavy (non-hydrogen) atoms. The molecule has 4 rings (SSSR count). The Morgan fingerprint density at radius 1 is 1.25 bits per heavy atom. The molecule has 0 bridgehead atoms. The molecule has 0 aliphatic carbocycles. The van der Waals surface area contributed by atoms with Gasteiger partial charge in [0.05, 0.1) is 5.69 Å². The fraction of sp³-hybridized carbons (Fsp3) is 0.350. The second-order valence-electron chi connectivity index (χ2n) is 6.67. The maximum absolute atomic E-state index is 14.0. The smallest absolute Gasteiger partial charge is 0.137 e. The Labute approximate surface area is 141 Å². The summed E-state index contributed by atoms with van der Waals surface area (Å²) in [4.78, 5) is 7.26. The van der Waals surface area contributed by atoms with E-state index in [0.29, 0.717) is 11.6 Å². The molecule has 3 nitrogen and oxygen atoms in total. The van der Waals surface area contributed by atoms with E-state index in [-0.39, 0.29) is 5.82 Å². The normalized spacial score (nSPS) is 18.5. The molecule has 4 heteroatoms. The van der Waals surface area contributed by atoms with E-state index in [9.17, 15) is 4.39 Å². The first kappa shape index (κ1) is 15.3. The van der Waals surface area contributed by atoms with Crippen molar-refractivity contribution in [3.63, 3.8) is 0 Å². The number of fused-ring (bicyclic) bond motifs is 1. The summed E-state index contributed by atoms with van der Waals surface area (Å²) >= 11 is 0. The van der Waals surface area contributed by atoms with Gasteiger partial charge in [0.15, 0.2) is 0 Å². The van der Waals surface area contributed by atoms with Crippen LogP contribution in [-0.2, 0) is 6.42 Å². The van der Waals surface area contributed by atoms with Crippen molar-refractivity contribution in [1.29, 1.82) is 0 Å². The molecule has 0 spiro atoms. The van der Waals surface area contributed by atoms with E-state index < -0.39 is 0 Å². The number of halogens is 1. The van der Waals surface area contributed by atoms with Gasteiger partial charge in [0.25, 0.3) is 0 Å². The molecule has 3 heterocycles. The number of hydrogen-bond donors (Lipinski definition) is 0. The van der Waals surface area contributed by atoms with Crippen LogP contribution in [0.15, 0.2) is 48.8 Å². The lowest BCUT2D eigenvalue weighted by Gasteiger charge is -2.19. The van der Waals surface area contributed by atoms with Crippen molar-refractivity contribution in [2.75, 3.05) is 13.1 Å². The Bertz CT molecular complexity index is 855. The number of pyridine rings is 1. The molecule has 3 aromatic rings. The summed E-state index contributed by atoms with van der Waals surface area (Å²) in [6.45, 7) is 4.56. The highest BCUT2D eigenvalue weighted by atomic mass is 19.1. The number of hydrogen-bond acceptors (Lipinski definition) is 2. The van der Waals surface area contributed by atoms with Gasteiger partial charge in [0.2, 0.25) is 0 Å². The first-order chi connectivity index (χ1) is 11.7. The van der Waals surface area contributed by atoms with Gasteiger partial charge in [-0.15, -0.1) is 0 Å². The van der Waals surface area contributed by atoms with Gasteiger partial charge < -0.3 is 9.30 Å². The standard InChI is InChI=1S/C20H22FN3/c1-15-5-4-10-23(15)12-9-17-14-24-11-8-16(13-20(24)22-17)18-6-2-3-7-19(18)21/h2-3,6-8,11,13-15H,4-5,9-10,12H2,1H3. The van der Waals surface area contributed by atoms with Gasteiger partial charge in [-0.3, -0.25) is 0 Å². The second kappa shape index (κ2) is 6.36. The summed E-state index contributed by atoms with van der Waals surface area (Å²) in [7, 11) is 0. The first-order valence-corrected chi connectivity index (χ1v) is 8.67. The lowest BCUT2D eigenvalue weighted by atomic mass is 10.1. The fourth-order valence-corrected chi connectivity index (χ4v) is 3.60. The van der Waals surface area contributed by atoms with Crippen molar-refractivity contribution in [2.45, 2.75) is 32.2 Å². The van der Waals surface area contributed by atoms with Crippen molar-refractivity contribution >= 4 is 5.65 Å². The van der Waals surface area contributed by atoms with Crippen LogP contribution in [0.25, 0.3) is 16.8 Å². The van der Waals surface area contributed by atoms with Crippen molar-refractivity contribution < 1.29 is 4.39 Å². The minimum atomic E-state index is -0.198. The molecule has 1 aromatic carbocycles. The van der Waals surface area contributed by atoms with Gasteiger partial charge in [0.1, 0.15) is 11.5 Å². The Balaban J connectivity index is 1.56. The van der Waals surface area contributed by atoms with E-state index in [1.54, 1.807) is 12.1 Å².